The Morgan fingerprint density at radius 1 is 1.00 bits per heavy atom. The molecule has 1 fully saturated rings. The number of nitrogens with zero attached hydrogens (tertiary/aromatic N) is 2. The van der Waals surface area contributed by atoms with Gasteiger partial charge in [-0.3, -0.25) is 9.59 Å². The number of benzene rings is 2. The van der Waals surface area contributed by atoms with E-state index in [4.69, 9.17) is 0 Å². The normalized spacial score (nSPS) is 18.4. The summed E-state index contributed by atoms with van der Waals surface area (Å²) in [5.41, 5.74) is 1.59. The summed E-state index contributed by atoms with van der Waals surface area (Å²) in [6.07, 6.45) is 0.00782. The van der Waals surface area contributed by atoms with Crippen molar-refractivity contribution >= 4 is 11.8 Å². The molecule has 4 heteroatoms. The molecule has 1 aliphatic heterocycles. The van der Waals surface area contributed by atoms with Crippen molar-refractivity contribution in [3.05, 3.63) is 71.8 Å². The molecule has 0 spiro atoms. The van der Waals surface area contributed by atoms with Gasteiger partial charge in [0.2, 0.25) is 5.91 Å². The zero-order valence-corrected chi connectivity index (χ0v) is 12.5. The summed E-state index contributed by atoms with van der Waals surface area (Å²) in [5, 5.41) is 0. The van der Waals surface area contributed by atoms with Gasteiger partial charge in [0.15, 0.2) is 0 Å². The highest BCUT2D eigenvalue weighted by Gasteiger charge is 2.35. The van der Waals surface area contributed by atoms with E-state index in [0.29, 0.717) is 18.5 Å². The van der Waals surface area contributed by atoms with Gasteiger partial charge in [0.25, 0.3) is 5.91 Å². The minimum Gasteiger partial charge on any atom is -0.321 e. The summed E-state index contributed by atoms with van der Waals surface area (Å²) in [6.45, 7) is 0.441. The van der Waals surface area contributed by atoms with E-state index in [1.165, 1.54) is 0 Å². The highest BCUT2D eigenvalue weighted by molar-refractivity contribution is 5.95. The van der Waals surface area contributed by atoms with Crippen molar-refractivity contribution in [2.45, 2.75) is 12.6 Å². The van der Waals surface area contributed by atoms with Crippen LogP contribution in [-0.2, 0) is 4.79 Å². The number of carbonyl (C=O) groups is 2. The number of amides is 2. The molecule has 0 aliphatic carbocycles. The molecule has 112 valence electrons. The van der Waals surface area contributed by atoms with E-state index in [0.717, 1.165) is 5.56 Å². The zero-order valence-electron chi connectivity index (χ0n) is 12.5. The maximum Gasteiger partial charge on any atom is 0.255 e. The molecular formula is C18H18N2O2. The van der Waals surface area contributed by atoms with Crippen molar-refractivity contribution in [1.82, 2.24) is 9.80 Å². The number of hydrogen-bond acceptors (Lipinski definition) is 2. The Morgan fingerprint density at radius 3 is 2.23 bits per heavy atom. The monoisotopic (exact) mass is 294 g/mol. The van der Waals surface area contributed by atoms with E-state index in [-0.39, 0.29) is 18.0 Å². The lowest BCUT2D eigenvalue weighted by molar-refractivity contribution is -0.140. The van der Waals surface area contributed by atoms with E-state index >= 15 is 0 Å². The molecule has 0 unspecified atom stereocenters. The van der Waals surface area contributed by atoms with Gasteiger partial charge in [0.05, 0.1) is 0 Å². The van der Waals surface area contributed by atoms with Gasteiger partial charge >= 0.3 is 0 Å². The smallest absolute Gasteiger partial charge is 0.255 e. The largest absolute Gasteiger partial charge is 0.321 e. The van der Waals surface area contributed by atoms with Crippen LogP contribution in [0.5, 0.6) is 0 Å². The third kappa shape index (κ3) is 2.60. The van der Waals surface area contributed by atoms with Crippen LogP contribution in [0.4, 0.5) is 0 Å². The molecular weight excluding hydrogens is 276 g/mol. The van der Waals surface area contributed by atoms with E-state index in [2.05, 4.69) is 0 Å². The first-order valence-corrected chi connectivity index (χ1v) is 7.35. The van der Waals surface area contributed by atoms with Gasteiger partial charge < -0.3 is 9.80 Å². The second kappa shape index (κ2) is 6.02. The molecule has 1 aliphatic rings. The van der Waals surface area contributed by atoms with Gasteiger partial charge in [-0.1, -0.05) is 48.5 Å². The molecule has 0 N–H and O–H groups in total. The van der Waals surface area contributed by atoms with Gasteiger partial charge in [-0.15, -0.1) is 0 Å². The van der Waals surface area contributed by atoms with E-state index in [1.807, 2.05) is 48.5 Å². The van der Waals surface area contributed by atoms with Gasteiger partial charge in [-0.25, -0.2) is 0 Å². The highest BCUT2D eigenvalue weighted by atomic mass is 16.2. The predicted molar refractivity (Wildman–Crippen MR) is 84.0 cm³/mol. The average Bonchev–Trinajstić information content (AvgIpc) is 2.58. The summed E-state index contributed by atoms with van der Waals surface area (Å²) in [5.74, 6) is 0.0137. The lowest BCUT2D eigenvalue weighted by Gasteiger charge is -2.42. The van der Waals surface area contributed by atoms with Crippen molar-refractivity contribution in [1.29, 1.82) is 0 Å². The maximum absolute atomic E-state index is 12.8. The summed E-state index contributed by atoms with van der Waals surface area (Å²) < 4.78 is 0. The number of rotatable bonds is 2. The van der Waals surface area contributed by atoms with Gasteiger partial charge in [0, 0.05) is 25.6 Å². The fraction of sp³-hybridized carbons (Fsp3) is 0.222. The Kier molecular flexibility index (Phi) is 3.92. The van der Waals surface area contributed by atoms with Crippen LogP contribution in [0.1, 0.15) is 28.5 Å². The first-order valence-electron chi connectivity index (χ1n) is 7.35. The van der Waals surface area contributed by atoms with Gasteiger partial charge in [-0.05, 0) is 17.7 Å². The maximum atomic E-state index is 12.8. The molecule has 0 saturated carbocycles. The van der Waals surface area contributed by atoms with Crippen LogP contribution in [0.3, 0.4) is 0 Å². The molecule has 2 amide bonds. The van der Waals surface area contributed by atoms with Crippen LogP contribution in [0, 0.1) is 0 Å². The van der Waals surface area contributed by atoms with Crippen molar-refractivity contribution in [2.75, 3.05) is 13.6 Å². The molecule has 2 aromatic carbocycles. The predicted octanol–water partition coefficient (Wildman–Crippen LogP) is 2.69. The Bertz CT molecular complexity index is 670. The standard InChI is InChI=1S/C18H18N2O2/c1-19-16(21)12-13-20(17(19)14-8-4-2-5-9-14)18(22)15-10-6-3-7-11-15/h2-11,17H,12-13H2,1H3/t17-/m1/s1. The summed E-state index contributed by atoms with van der Waals surface area (Å²) in [6, 6.07) is 18.9. The topological polar surface area (TPSA) is 40.6 Å². The van der Waals surface area contributed by atoms with E-state index in [1.54, 1.807) is 29.0 Å². The van der Waals surface area contributed by atoms with E-state index < -0.39 is 0 Å². The SMILES string of the molecule is CN1C(=O)CCN(C(=O)c2ccccc2)[C@@H]1c1ccccc1. The minimum atomic E-state index is -0.352. The van der Waals surface area contributed by atoms with Crippen LogP contribution in [0.2, 0.25) is 0 Å². The van der Waals surface area contributed by atoms with Gasteiger partial charge in [0.1, 0.15) is 6.17 Å². The highest BCUT2D eigenvalue weighted by Crippen LogP contribution is 2.29. The molecule has 1 saturated heterocycles. The Hall–Kier alpha value is -2.62. The fourth-order valence-corrected chi connectivity index (χ4v) is 2.85. The van der Waals surface area contributed by atoms with Crippen LogP contribution in [-0.4, -0.2) is 35.2 Å². The lowest BCUT2D eigenvalue weighted by Crippen LogP contribution is -2.51. The van der Waals surface area contributed by atoms with Crippen molar-refractivity contribution in [2.24, 2.45) is 0 Å². The first kappa shape index (κ1) is 14.3. The van der Waals surface area contributed by atoms with Crippen LogP contribution >= 0.6 is 0 Å². The van der Waals surface area contributed by atoms with Gasteiger partial charge in [-0.2, -0.15) is 0 Å². The molecule has 0 aromatic heterocycles. The molecule has 0 bridgehead atoms. The fourth-order valence-electron chi connectivity index (χ4n) is 2.85. The quantitative estimate of drug-likeness (QED) is 0.854. The van der Waals surface area contributed by atoms with E-state index in [9.17, 15) is 9.59 Å². The molecule has 0 radical (unpaired) electrons. The van der Waals surface area contributed by atoms with Crippen molar-refractivity contribution in [3.8, 4) is 0 Å². The third-order valence-corrected chi connectivity index (χ3v) is 4.00. The molecule has 3 rings (SSSR count). The number of hydrogen-bond donors (Lipinski definition) is 0. The molecule has 4 nitrogen and oxygen atoms in total. The van der Waals surface area contributed by atoms with Crippen LogP contribution < -0.4 is 0 Å². The Labute approximate surface area is 130 Å². The second-order valence-corrected chi connectivity index (χ2v) is 5.40. The summed E-state index contributed by atoms with van der Waals surface area (Å²) in [4.78, 5) is 28.3. The van der Waals surface area contributed by atoms with Crippen molar-refractivity contribution in [3.63, 3.8) is 0 Å². The first-order chi connectivity index (χ1) is 10.7. The Morgan fingerprint density at radius 2 is 1.59 bits per heavy atom. The zero-order chi connectivity index (χ0) is 15.5. The third-order valence-electron chi connectivity index (χ3n) is 4.00. The molecule has 1 heterocycles. The number of carbonyl (C=O) groups excluding carboxylic acids is 2. The second-order valence-electron chi connectivity index (χ2n) is 5.40. The summed E-state index contributed by atoms with van der Waals surface area (Å²) in [7, 11) is 1.75. The lowest BCUT2D eigenvalue weighted by atomic mass is 10.1. The van der Waals surface area contributed by atoms with Crippen molar-refractivity contribution < 1.29 is 9.59 Å². The average molecular weight is 294 g/mol. The minimum absolute atomic E-state index is 0.0474. The van der Waals surface area contributed by atoms with Crippen LogP contribution in [0.15, 0.2) is 60.7 Å². The molecule has 1 atom stereocenters. The molecule has 22 heavy (non-hydrogen) atoms. The van der Waals surface area contributed by atoms with Crippen LogP contribution in [0.25, 0.3) is 0 Å². The molecule has 2 aromatic rings. The summed E-state index contributed by atoms with van der Waals surface area (Å²) >= 11 is 0. The Balaban J connectivity index is 1.97.